The Hall–Kier alpha value is -2.09. The maximum absolute atomic E-state index is 12.2. The second-order valence-corrected chi connectivity index (χ2v) is 7.47. The molecule has 1 amide bonds. The van der Waals surface area contributed by atoms with Gasteiger partial charge < -0.3 is 9.88 Å². The summed E-state index contributed by atoms with van der Waals surface area (Å²) in [6.07, 6.45) is 1.64. The number of rotatable bonds is 6. The van der Waals surface area contributed by atoms with Gasteiger partial charge in [-0.15, -0.1) is 10.2 Å². The maximum atomic E-state index is 12.2. The van der Waals surface area contributed by atoms with Crippen molar-refractivity contribution in [1.29, 1.82) is 0 Å². The first kappa shape index (κ1) is 19.7. The van der Waals surface area contributed by atoms with Crippen molar-refractivity contribution in [3.63, 3.8) is 0 Å². The maximum Gasteiger partial charge on any atom is 0.236 e. The molecule has 9 heteroatoms. The summed E-state index contributed by atoms with van der Waals surface area (Å²) < 4.78 is 1.92. The number of aryl methyl sites for hydroxylation is 1. The predicted octanol–water partition coefficient (Wildman–Crippen LogP) is 4.71. The zero-order valence-corrected chi connectivity index (χ0v) is 17.1. The number of hydrogen-bond acceptors (Lipinski definition) is 5. The molecular formula is C18H17Cl2N5OS. The molecule has 0 saturated heterocycles. The first-order valence-corrected chi connectivity index (χ1v) is 9.96. The zero-order chi connectivity index (χ0) is 19.4. The Labute approximate surface area is 171 Å². The molecule has 6 nitrogen and oxygen atoms in total. The Kier molecular flexibility index (Phi) is 6.36. The molecule has 0 saturated carbocycles. The molecule has 2 heterocycles. The number of nitrogens with one attached hydrogen (secondary N) is 1. The molecule has 1 aromatic carbocycles. The Balaban J connectivity index is 1.73. The minimum atomic E-state index is -0.154. The van der Waals surface area contributed by atoms with Crippen molar-refractivity contribution in [2.75, 3.05) is 11.1 Å². The van der Waals surface area contributed by atoms with Crippen molar-refractivity contribution in [2.24, 2.45) is 0 Å². The Morgan fingerprint density at radius 1 is 1.26 bits per heavy atom. The van der Waals surface area contributed by atoms with Crippen LogP contribution in [0.2, 0.25) is 10.0 Å². The summed E-state index contributed by atoms with van der Waals surface area (Å²) >= 11 is 13.6. The van der Waals surface area contributed by atoms with Crippen LogP contribution in [-0.4, -0.2) is 31.4 Å². The second kappa shape index (κ2) is 8.73. The average Bonchev–Trinajstić information content (AvgIpc) is 3.04. The van der Waals surface area contributed by atoms with Crippen molar-refractivity contribution in [2.45, 2.75) is 25.5 Å². The smallest absolute Gasteiger partial charge is 0.236 e. The van der Waals surface area contributed by atoms with Gasteiger partial charge in [0.15, 0.2) is 11.0 Å². The van der Waals surface area contributed by atoms with Gasteiger partial charge in [-0.3, -0.25) is 4.79 Å². The highest BCUT2D eigenvalue weighted by atomic mass is 35.5. The summed E-state index contributed by atoms with van der Waals surface area (Å²) in [4.78, 5) is 16.4. The molecule has 0 atom stereocenters. The molecule has 0 aliphatic heterocycles. The molecule has 27 heavy (non-hydrogen) atoms. The van der Waals surface area contributed by atoms with Crippen LogP contribution in [0.4, 0.5) is 5.82 Å². The third-order valence-corrected chi connectivity index (χ3v) is 5.32. The first-order valence-electron chi connectivity index (χ1n) is 8.22. The molecule has 0 unspecified atom stereocenters. The summed E-state index contributed by atoms with van der Waals surface area (Å²) in [5, 5.41) is 13.0. The van der Waals surface area contributed by atoms with Crippen LogP contribution in [0.5, 0.6) is 0 Å². The van der Waals surface area contributed by atoms with Crippen LogP contribution in [0.25, 0.3) is 11.4 Å². The highest BCUT2D eigenvalue weighted by Crippen LogP contribution is 2.31. The molecule has 0 spiro atoms. The largest absolute Gasteiger partial charge is 0.310 e. The van der Waals surface area contributed by atoms with E-state index in [4.69, 9.17) is 23.2 Å². The van der Waals surface area contributed by atoms with Gasteiger partial charge in [0.2, 0.25) is 5.91 Å². The van der Waals surface area contributed by atoms with Crippen molar-refractivity contribution >= 4 is 46.7 Å². The van der Waals surface area contributed by atoms with Crippen LogP contribution in [0.15, 0.2) is 41.7 Å². The number of carbonyl (C=O) groups is 1. The molecule has 2 aromatic heterocycles. The highest BCUT2D eigenvalue weighted by Gasteiger charge is 2.17. The van der Waals surface area contributed by atoms with Gasteiger partial charge in [-0.05, 0) is 43.7 Å². The van der Waals surface area contributed by atoms with Gasteiger partial charge in [0.1, 0.15) is 5.82 Å². The number of anilines is 1. The van der Waals surface area contributed by atoms with E-state index in [0.29, 0.717) is 33.4 Å². The number of benzene rings is 1. The number of amides is 1. The van der Waals surface area contributed by atoms with Crippen LogP contribution in [-0.2, 0) is 11.3 Å². The lowest BCUT2D eigenvalue weighted by Crippen LogP contribution is -2.16. The standard InChI is InChI=1S/C18H17Cl2N5OS/c1-3-25-17(13-7-6-12(19)9-14(13)20)23-24-18(25)27-10-15(26)22-16-11(2)5-4-8-21-16/h4-9H,3,10H2,1-2H3,(H,21,22,26). The Bertz CT molecular complexity index is 976. The number of hydrogen-bond donors (Lipinski definition) is 1. The van der Waals surface area contributed by atoms with Crippen molar-refractivity contribution in [3.8, 4) is 11.4 Å². The summed E-state index contributed by atoms with van der Waals surface area (Å²) in [5.74, 6) is 1.25. The molecule has 0 radical (unpaired) electrons. The third-order valence-electron chi connectivity index (χ3n) is 3.80. The zero-order valence-electron chi connectivity index (χ0n) is 14.7. The number of carbonyl (C=O) groups excluding carboxylic acids is 1. The fourth-order valence-corrected chi connectivity index (χ4v) is 3.76. The van der Waals surface area contributed by atoms with Gasteiger partial charge in [-0.1, -0.05) is 41.0 Å². The van der Waals surface area contributed by atoms with E-state index in [2.05, 4.69) is 20.5 Å². The molecule has 0 aliphatic rings. The third kappa shape index (κ3) is 4.61. The minimum Gasteiger partial charge on any atom is -0.310 e. The fraction of sp³-hybridized carbons (Fsp3) is 0.222. The van der Waals surface area contributed by atoms with E-state index < -0.39 is 0 Å². The topological polar surface area (TPSA) is 72.7 Å². The molecule has 3 aromatic rings. The van der Waals surface area contributed by atoms with E-state index in [0.717, 1.165) is 11.1 Å². The number of thioether (sulfide) groups is 1. The molecule has 3 rings (SSSR count). The lowest BCUT2D eigenvalue weighted by Gasteiger charge is -2.09. The van der Waals surface area contributed by atoms with Crippen LogP contribution in [0, 0.1) is 6.92 Å². The van der Waals surface area contributed by atoms with E-state index in [1.165, 1.54) is 11.8 Å². The molecule has 1 N–H and O–H groups in total. The summed E-state index contributed by atoms with van der Waals surface area (Å²) in [6.45, 7) is 4.52. The van der Waals surface area contributed by atoms with Gasteiger partial charge in [0.05, 0.1) is 10.8 Å². The van der Waals surface area contributed by atoms with Crippen LogP contribution in [0.3, 0.4) is 0 Å². The van der Waals surface area contributed by atoms with Gasteiger partial charge in [0.25, 0.3) is 0 Å². The van der Waals surface area contributed by atoms with Gasteiger partial charge in [-0.2, -0.15) is 0 Å². The molecule has 0 aliphatic carbocycles. The Morgan fingerprint density at radius 3 is 2.78 bits per heavy atom. The number of aromatic nitrogens is 4. The van der Waals surface area contributed by atoms with Crippen molar-refractivity contribution in [1.82, 2.24) is 19.7 Å². The molecular weight excluding hydrogens is 405 g/mol. The van der Waals surface area contributed by atoms with E-state index in [1.807, 2.05) is 36.6 Å². The minimum absolute atomic E-state index is 0.154. The lowest BCUT2D eigenvalue weighted by molar-refractivity contribution is -0.113. The average molecular weight is 422 g/mol. The number of nitrogens with zero attached hydrogens (tertiary/aromatic N) is 4. The van der Waals surface area contributed by atoms with Crippen LogP contribution < -0.4 is 5.32 Å². The summed E-state index contributed by atoms with van der Waals surface area (Å²) in [5.41, 5.74) is 1.66. The van der Waals surface area contributed by atoms with Gasteiger partial charge >= 0.3 is 0 Å². The fourth-order valence-electron chi connectivity index (χ4n) is 2.47. The van der Waals surface area contributed by atoms with Crippen molar-refractivity contribution in [3.05, 3.63) is 52.1 Å². The first-order chi connectivity index (χ1) is 13.0. The van der Waals surface area contributed by atoms with E-state index in [9.17, 15) is 4.79 Å². The van der Waals surface area contributed by atoms with Crippen LogP contribution >= 0.6 is 35.0 Å². The summed E-state index contributed by atoms with van der Waals surface area (Å²) in [7, 11) is 0. The quantitative estimate of drug-likeness (QED) is 0.583. The molecule has 140 valence electrons. The predicted molar refractivity (Wildman–Crippen MR) is 109 cm³/mol. The molecule has 0 bridgehead atoms. The van der Waals surface area contributed by atoms with E-state index >= 15 is 0 Å². The van der Waals surface area contributed by atoms with E-state index in [1.54, 1.807) is 18.3 Å². The van der Waals surface area contributed by atoms with Gasteiger partial charge in [-0.25, -0.2) is 4.98 Å². The van der Waals surface area contributed by atoms with E-state index in [-0.39, 0.29) is 11.7 Å². The number of pyridine rings is 1. The van der Waals surface area contributed by atoms with Crippen molar-refractivity contribution < 1.29 is 4.79 Å². The normalized spacial score (nSPS) is 10.8. The highest BCUT2D eigenvalue weighted by molar-refractivity contribution is 7.99. The van der Waals surface area contributed by atoms with Crippen LogP contribution in [0.1, 0.15) is 12.5 Å². The Morgan fingerprint density at radius 2 is 2.07 bits per heavy atom. The monoisotopic (exact) mass is 421 g/mol. The summed E-state index contributed by atoms with van der Waals surface area (Å²) in [6, 6.07) is 8.96. The van der Waals surface area contributed by atoms with Gasteiger partial charge in [0, 0.05) is 23.3 Å². The second-order valence-electron chi connectivity index (χ2n) is 5.68. The SMILES string of the molecule is CCn1c(SCC(=O)Nc2ncccc2C)nnc1-c1ccc(Cl)cc1Cl. The lowest BCUT2D eigenvalue weighted by atomic mass is 10.2. The molecule has 0 fully saturated rings. The number of halogens is 2.